The quantitative estimate of drug-likeness (QED) is 0.489. The van der Waals surface area contributed by atoms with Gasteiger partial charge in [-0.3, -0.25) is 14.5 Å². The number of benzene rings is 2. The van der Waals surface area contributed by atoms with Crippen LogP contribution in [0.2, 0.25) is 0 Å². The van der Waals surface area contributed by atoms with Crippen LogP contribution in [0.15, 0.2) is 54.7 Å². The summed E-state index contributed by atoms with van der Waals surface area (Å²) in [5, 5.41) is 6.39. The van der Waals surface area contributed by atoms with E-state index in [9.17, 15) is 18.8 Å². The number of hydrogen-bond donors (Lipinski definition) is 2. The average molecular weight is 452 g/mol. The van der Waals surface area contributed by atoms with Crippen molar-refractivity contribution in [2.75, 3.05) is 13.7 Å². The van der Waals surface area contributed by atoms with Gasteiger partial charge in [0.25, 0.3) is 5.91 Å². The van der Waals surface area contributed by atoms with Crippen molar-refractivity contribution in [3.05, 3.63) is 66.1 Å². The molecular formula is C24H25FN4O4. The van der Waals surface area contributed by atoms with E-state index in [0.717, 1.165) is 21.4 Å². The lowest BCUT2D eigenvalue weighted by Gasteiger charge is -2.13. The van der Waals surface area contributed by atoms with Gasteiger partial charge >= 0.3 is 6.03 Å². The molecule has 2 heterocycles. The van der Waals surface area contributed by atoms with Gasteiger partial charge in [0.15, 0.2) is 0 Å². The summed E-state index contributed by atoms with van der Waals surface area (Å²) in [6.45, 7) is 1.02. The van der Waals surface area contributed by atoms with E-state index in [-0.39, 0.29) is 37.0 Å². The number of carbonyl (C=O) groups is 3. The Bertz CT molecular complexity index is 1170. The van der Waals surface area contributed by atoms with Gasteiger partial charge in [-0.15, -0.1) is 0 Å². The average Bonchev–Trinajstić information content (AvgIpc) is 3.33. The second-order valence-corrected chi connectivity index (χ2v) is 7.88. The summed E-state index contributed by atoms with van der Waals surface area (Å²) in [6, 6.07) is 12.4. The van der Waals surface area contributed by atoms with Gasteiger partial charge in [-0.2, -0.15) is 0 Å². The Morgan fingerprint density at radius 3 is 2.70 bits per heavy atom. The summed E-state index contributed by atoms with van der Waals surface area (Å²) in [5.41, 5.74) is 1.57. The molecule has 1 saturated heterocycles. The van der Waals surface area contributed by atoms with Crippen LogP contribution in [-0.4, -0.2) is 47.0 Å². The first-order chi connectivity index (χ1) is 15.9. The fourth-order valence-electron chi connectivity index (χ4n) is 3.87. The molecular weight excluding hydrogens is 427 g/mol. The number of halogens is 1. The molecule has 0 bridgehead atoms. The first-order valence-electron chi connectivity index (χ1n) is 10.7. The Morgan fingerprint density at radius 1 is 1.15 bits per heavy atom. The monoisotopic (exact) mass is 452 g/mol. The molecule has 1 aliphatic rings. The van der Waals surface area contributed by atoms with E-state index in [2.05, 4.69) is 10.6 Å². The number of imide groups is 1. The van der Waals surface area contributed by atoms with Crippen molar-refractivity contribution in [1.29, 1.82) is 0 Å². The van der Waals surface area contributed by atoms with Gasteiger partial charge in [0.05, 0.1) is 19.2 Å². The van der Waals surface area contributed by atoms with E-state index in [1.54, 1.807) is 37.4 Å². The summed E-state index contributed by atoms with van der Waals surface area (Å²) in [7, 11) is 1.57. The number of nitrogens with one attached hydrogen (secondary N) is 2. The molecule has 8 nitrogen and oxygen atoms in total. The van der Waals surface area contributed by atoms with Crippen LogP contribution in [-0.2, 0) is 22.7 Å². The first-order valence-corrected chi connectivity index (χ1v) is 10.7. The molecule has 4 amide bonds. The third kappa shape index (κ3) is 5.14. The summed E-state index contributed by atoms with van der Waals surface area (Å²) in [4.78, 5) is 38.3. The van der Waals surface area contributed by atoms with E-state index in [1.807, 2.05) is 16.8 Å². The normalized spacial score (nSPS) is 15.7. The molecule has 3 aromatic rings. The van der Waals surface area contributed by atoms with Crippen LogP contribution in [0.3, 0.4) is 0 Å². The Balaban J connectivity index is 1.23. The van der Waals surface area contributed by atoms with Gasteiger partial charge in [-0.1, -0.05) is 12.1 Å². The zero-order valence-corrected chi connectivity index (χ0v) is 18.2. The Labute approximate surface area is 190 Å². The minimum absolute atomic E-state index is 0.105. The standard InChI is InChI=1S/C24H25FN4O4/c1-33-19-6-2-16(3-7-19)15-29-23(31)20(27-24(29)32)8-9-22(30)26-11-13-28-12-10-17-4-5-18(25)14-21(17)28/h2-7,10,12,14,20H,8-9,11,13,15H2,1H3,(H,26,30)(H,27,32)/t20-/m0/s1. The maximum absolute atomic E-state index is 13.5. The third-order valence-electron chi connectivity index (χ3n) is 5.68. The van der Waals surface area contributed by atoms with Gasteiger partial charge < -0.3 is 19.9 Å². The van der Waals surface area contributed by atoms with Crippen LogP contribution in [0.5, 0.6) is 5.75 Å². The number of rotatable bonds is 9. The zero-order valence-electron chi connectivity index (χ0n) is 18.2. The predicted molar refractivity (Wildman–Crippen MR) is 120 cm³/mol. The second-order valence-electron chi connectivity index (χ2n) is 7.88. The van der Waals surface area contributed by atoms with Crippen LogP contribution >= 0.6 is 0 Å². The van der Waals surface area contributed by atoms with Crippen molar-refractivity contribution in [3.63, 3.8) is 0 Å². The van der Waals surface area contributed by atoms with E-state index in [0.29, 0.717) is 18.8 Å². The Hall–Kier alpha value is -3.88. The van der Waals surface area contributed by atoms with Gasteiger partial charge in [-0.25, -0.2) is 9.18 Å². The topological polar surface area (TPSA) is 92.7 Å². The molecule has 1 atom stereocenters. The Morgan fingerprint density at radius 2 is 1.94 bits per heavy atom. The van der Waals surface area contributed by atoms with E-state index in [1.165, 1.54) is 12.1 Å². The molecule has 0 unspecified atom stereocenters. The molecule has 33 heavy (non-hydrogen) atoms. The van der Waals surface area contributed by atoms with Crippen LogP contribution in [0.25, 0.3) is 10.9 Å². The predicted octanol–water partition coefficient (Wildman–Crippen LogP) is 2.81. The fraction of sp³-hybridized carbons (Fsp3) is 0.292. The van der Waals surface area contributed by atoms with E-state index >= 15 is 0 Å². The molecule has 0 spiro atoms. The highest BCUT2D eigenvalue weighted by Crippen LogP contribution is 2.18. The van der Waals surface area contributed by atoms with Crippen molar-refractivity contribution < 1.29 is 23.5 Å². The summed E-state index contributed by atoms with van der Waals surface area (Å²) in [6.07, 6.45) is 2.17. The van der Waals surface area contributed by atoms with Crippen LogP contribution in [0, 0.1) is 5.82 Å². The smallest absolute Gasteiger partial charge is 0.325 e. The highest BCUT2D eigenvalue weighted by Gasteiger charge is 2.37. The van der Waals surface area contributed by atoms with Crippen molar-refractivity contribution >= 4 is 28.7 Å². The van der Waals surface area contributed by atoms with Crippen molar-refractivity contribution in [2.45, 2.75) is 32.0 Å². The molecule has 1 aliphatic heterocycles. The maximum Gasteiger partial charge on any atom is 0.325 e. The molecule has 0 saturated carbocycles. The third-order valence-corrected chi connectivity index (χ3v) is 5.68. The molecule has 0 aliphatic carbocycles. The molecule has 172 valence electrons. The second kappa shape index (κ2) is 9.72. The van der Waals surface area contributed by atoms with Gasteiger partial charge in [0, 0.05) is 25.7 Å². The largest absolute Gasteiger partial charge is 0.497 e. The lowest BCUT2D eigenvalue weighted by Crippen LogP contribution is -2.33. The maximum atomic E-state index is 13.5. The number of methoxy groups -OCH3 is 1. The minimum atomic E-state index is -0.724. The molecule has 4 rings (SSSR count). The van der Waals surface area contributed by atoms with Crippen LogP contribution < -0.4 is 15.4 Å². The molecule has 2 N–H and O–H groups in total. The lowest BCUT2D eigenvalue weighted by molar-refractivity contribution is -0.128. The number of urea groups is 1. The summed E-state index contributed by atoms with van der Waals surface area (Å²) in [5.74, 6) is -0.175. The number of aromatic nitrogens is 1. The number of ether oxygens (including phenoxy) is 1. The summed E-state index contributed by atoms with van der Waals surface area (Å²) >= 11 is 0. The first kappa shape index (κ1) is 22.3. The SMILES string of the molecule is COc1ccc(CN2C(=O)N[C@@H](CCC(=O)NCCn3ccc4ccc(F)cc43)C2=O)cc1. The van der Waals surface area contributed by atoms with E-state index < -0.39 is 12.1 Å². The Kier molecular flexibility index (Phi) is 6.58. The number of nitrogens with zero attached hydrogens (tertiary/aromatic N) is 2. The molecule has 1 fully saturated rings. The zero-order chi connectivity index (χ0) is 23.4. The number of fused-ring (bicyclic) bond motifs is 1. The van der Waals surface area contributed by atoms with Gasteiger partial charge in [0.1, 0.15) is 17.6 Å². The number of amides is 4. The van der Waals surface area contributed by atoms with Crippen molar-refractivity contribution in [3.8, 4) is 5.75 Å². The molecule has 0 radical (unpaired) electrons. The van der Waals surface area contributed by atoms with Crippen LogP contribution in [0.1, 0.15) is 18.4 Å². The number of carbonyl (C=O) groups excluding carboxylic acids is 3. The van der Waals surface area contributed by atoms with Gasteiger partial charge in [-0.05, 0) is 53.8 Å². The van der Waals surface area contributed by atoms with Gasteiger partial charge in [0.2, 0.25) is 5.91 Å². The van der Waals surface area contributed by atoms with E-state index in [4.69, 9.17) is 4.74 Å². The minimum Gasteiger partial charge on any atom is -0.497 e. The van der Waals surface area contributed by atoms with Crippen LogP contribution in [0.4, 0.5) is 9.18 Å². The van der Waals surface area contributed by atoms with Crippen molar-refractivity contribution in [1.82, 2.24) is 20.1 Å². The fourth-order valence-corrected chi connectivity index (χ4v) is 3.87. The van der Waals surface area contributed by atoms with Crippen molar-refractivity contribution in [2.24, 2.45) is 0 Å². The molecule has 1 aromatic heterocycles. The highest BCUT2D eigenvalue weighted by atomic mass is 19.1. The number of hydrogen-bond acceptors (Lipinski definition) is 4. The molecule has 2 aromatic carbocycles. The lowest BCUT2D eigenvalue weighted by atomic mass is 10.1. The highest BCUT2D eigenvalue weighted by molar-refractivity contribution is 6.04. The summed E-state index contributed by atoms with van der Waals surface area (Å²) < 4.78 is 20.5. The molecule has 9 heteroatoms.